The second-order valence-electron chi connectivity index (χ2n) is 9.67. The molecule has 2 atom stereocenters. The Hall–Kier alpha value is -2.20. The Morgan fingerprint density at radius 1 is 0.968 bits per heavy atom. The lowest BCUT2D eigenvalue weighted by Gasteiger charge is -2.33. The fraction of sp³-hybridized carbons (Fsp3) is 0.429. The average Bonchev–Trinajstić information content (AvgIpc) is 3.25. The predicted molar refractivity (Wildman–Crippen MR) is 130 cm³/mol. The Labute approximate surface area is 187 Å². The van der Waals surface area contributed by atoms with Crippen LogP contribution in [0.4, 0.5) is 0 Å². The van der Waals surface area contributed by atoms with Crippen LogP contribution in [0.25, 0.3) is 10.8 Å². The van der Waals surface area contributed by atoms with Crippen LogP contribution < -0.4 is 5.32 Å². The van der Waals surface area contributed by atoms with Crippen LogP contribution in [-0.4, -0.2) is 47.3 Å². The molecule has 2 unspecified atom stereocenters. The van der Waals surface area contributed by atoms with Crippen molar-refractivity contribution < 1.29 is 5.11 Å². The van der Waals surface area contributed by atoms with Gasteiger partial charge in [0.25, 0.3) is 0 Å². The molecule has 1 aliphatic heterocycles. The monoisotopic (exact) mass is 416 g/mol. The number of β-amino-alcohol motifs (C(OH)–C–C–N with tert-alkyl or cyclic N) is 1. The van der Waals surface area contributed by atoms with Crippen molar-refractivity contribution in [3.8, 4) is 0 Å². The molecule has 3 aromatic rings. The Kier molecular flexibility index (Phi) is 7.06. The first-order valence-electron chi connectivity index (χ1n) is 11.7. The van der Waals surface area contributed by atoms with E-state index < -0.39 is 0 Å². The van der Waals surface area contributed by atoms with Crippen molar-refractivity contribution in [1.29, 1.82) is 0 Å². The smallest absolute Gasteiger partial charge is 0.0819 e. The van der Waals surface area contributed by atoms with E-state index >= 15 is 0 Å². The van der Waals surface area contributed by atoms with Crippen molar-refractivity contribution in [3.05, 3.63) is 83.9 Å². The molecular weight excluding hydrogens is 380 g/mol. The number of likely N-dealkylation sites (tertiary alicyclic amines) is 1. The minimum Gasteiger partial charge on any atom is -0.390 e. The van der Waals surface area contributed by atoms with Crippen LogP contribution in [0.2, 0.25) is 0 Å². The molecule has 4 rings (SSSR count). The zero-order valence-corrected chi connectivity index (χ0v) is 18.9. The second kappa shape index (κ2) is 9.95. The van der Waals surface area contributed by atoms with E-state index in [1.54, 1.807) is 0 Å². The summed E-state index contributed by atoms with van der Waals surface area (Å²) in [6, 6.07) is 26.2. The zero-order chi connectivity index (χ0) is 21.7. The number of hydrogen-bond donors (Lipinski definition) is 2. The zero-order valence-electron chi connectivity index (χ0n) is 18.9. The van der Waals surface area contributed by atoms with E-state index in [-0.39, 0.29) is 17.7 Å². The van der Waals surface area contributed by atoms with Gasteiger partial charge in [-0.3, -0.25) is 4.90 Å². The molecule has 3 nitrogen and oxygen atoms in total. The maximum absolute atomic E-state index is 11.0. The third kappa shape index (κ3) is 5.94. The number of nitrogens with one attached hydrogen (secondary N) is 1. The summed E-state index contributed by atoms with van der Waals surface area (Å²) in [6.45, 7) is 7.21. The molecule has 2 N–H and O–H groups in total. The maximum Gasteiger partial charge on any atom is 0.0819 e. The largest absolute Gasteiger partial charge is 0.390 e. The fourth-order valence-corrected chi connectivity index (χ4v) is 4.92. The van der Waals surface area contributed by atoms with Gasteiger partial charge in [0.15, 0.2) is 0 Å². The van der Waals surface area contributed by atoms with Crippen molar-refractivity contribution in [2.45, 2.75) is 57.2 Å². The predicted octanol–water partition coefficient (Wildman–Crippen LogP) is 4.82. The number of nitrogens with zero attached hydrogens (tertiary/aromatic N) is 1. The quantitative estimate of drug-likeness (QED) is 0.525. The highest BCUT2D eigenvalue weighted by atomic mass is 16.3. The van der Waals surface area contributed by atoms with E-state index in [0.717, 1.165) is 32.4 Å². The highest BCUT2D eigenvalue weighted by Crippen LogP contribution is 2.22. The topological polar surface area (TPSA) is 35.5 Å². The van der Waals surface area contributed by atoms with Gasteiger partial charge in [-0.05, 0) is 68.0 Å². The molecule has 0 aliphatic carbocycles. The van der Waals surface area contributed by atoms with Gasteiger partial charge in [-0.1, -0.05) is 72.8 Å². The van der Waals surface area contributed by atoms with Crippen LogP contribution in [0.5, 0.6) is 0 Å². The molecule has 1 heterocycles. The average molecular weight is 417 g/mol. The van der Waals surface area contributed by atoms with Crippen molar-refractivity contribution >= 4 is 10.8 Å². The van der Waals surface area contributed by atoms with Crippen molar-refractivity contribution in [2.24, 2.45) is 0 Å². The van der Waals surface area contributed by atoms with Gasteiger partial charge in [0.2, 0.25) is 0 Å². The number of benzene rings is 3. The first-order valence-corrected chi connectivity index (χ1v) is 11.7. The standard InChI is InChI=1S/C28H36N2O/c1-28(2,20-23-14-15-24-11-6-7-12-25(24)19-23)29-21-27(31)26-13-8-17-30(26)18-16-22-9-4-3-5-10-22/h3-7,9-12,14-15,19,26-27,29,31H,8,13,16-18,20-21H2,1-2H3. The highest BCUT2D eigenvalue weighted by molar-refractivity contribution is 5.83. The lowest BCUT2D eigenvalue weighted by atomic mass is 9.93. The minimum absolute atomic E-state index is 0.0725. The van der Waals surface area contributed by atoms with Crippen LogP contribution in [0, 0.1) is 0 Å². The van der Waals surface area contributed by atoms with Crippen LogP contribution >= 0.6 is 0 Å². The fourth-order valence-electron chi connectivity index (χ4n) is 4.92. The molecular formula is C28H36N2O. The Balaban J connectivity index is 1.30. The third-order valence-electron chi connectivity index (χ3n) is 6.64. The molecule has 0 bridgehead atoms. The summed E-state index contributed by atoms with van der Waals surface area (Å²) in [5, 5.41) is 17.2. The van der Waals surface area contributed by atoms with E-state index in [4.69, 9.17) is 0 Å². The third-order valence-corrected chi connectivity index (χ3v) is 6.64. The van der Waals surface area contributed by atoms with Crippen LogP contribution in [-0.2, 0) is 12.8 Å². The van der Waals surface area contributed by atoms with E-state index in [9.17, 15) is 5.11 Å². The van der Waals surface area contributed by atoms with Gasteiger partial charge in [0.05, 0.1) is 6.10 Å². The Bertz CT molecular complexity index is 969. The molecule has 0 amide bonds. The summed E-state index contributed by atoms with van der Waals surface area (Å²) in [5.74, 6) is 0. The molecule has 0 radical (unpaired) electrons. The van der Waals surface area contributed by atoms with Gasteiger partial charge in [-0.15, -0.1) is 0 Å². The van der Waals surface area contributed by atoms with Gasteiger partial charge in [0.1, 0.15) is 0 Å². The maximum atomic E-state index is 11.0. The first-order chi connectivity index (χ1) is 15.0. The molecule has 31 heavy (non-hydrogen) atoms. The molecule has 164 valence electrons. The molecule has 0 spiro atoms. The molecule has 0 saturated carbocycles. The van der Waals surface area contributed by atoms with E-state index in [1.807, 2.05) is 0 Å². The van der Waals surface area contributed by atoms with Gasteiger partial charge >= 0.3 is 0 Å². The van der Waals surface area contributed by atoms with Crippen LogP contribution in [0.3, 0.4) is 0 Å². The Morgan fingerprint density at radius 3 is 2.52 bits per heavy atom. The summed E-state index contributed by atoms with van der Waals surface area (Å²) < 4.78 is 0. The lowest BCUT2D eigenvalue weighted by molar-refractivity contribution is 0.0672. The van der Waals surface area contributed by atoms with Crippen LogP contribution in [0.15, 0.2) is 72.8 Å². The SMILES string of the molecule is CC(C)(Cc1ccc2ccccc2c1)NCC(O)C1CCCN1CCc1ccccc1. The van der Waals surface area contributed by atoms with Gasteiger partial charge in [-0.25, -0.2) is 0 Å². The molecule has 3 heteroatoms. The van der Waals surface area contributed by atoms with E-state index in [2.05, 4.69) is 96.9 Å². The Morgan fingerprint density at radius 2 is 1.71 bits per heavy atom. The number of hydrogen-bond acceptors (Lipinski definition) is 3. The number of rotatable bonds is 9. The summed E-state index contributed by atoms with van der Waals surface area (Å²) in [5.41, 5.74) is 2.63. The van der Waals surface area contributed by atoms with Crippen molar-refractivity contribution in [1.82, 2.24) is 10.2 Å². The van der Waals surface area contributed by atoms with Gasteiger partial charge in [-0.2, -0.15) is 0 Å². The van der Waals surface area contributed by atoms with Crippen molar-refractivity contribution in [3.63, 3.8) is 0 Å². The van der Waals surface area contributed by atoms with Gasteiger partial charge in [0, 0.05) is 24.7 Å². The second-order valence-corrected chi connectivity index (χ2v) is 9.67. The summed E-state index contributed by atoms with van der Waals surface area (Å²) in [7, 11) is 0. The lowest BCUT2D eigenvalue weighted by Crippen LogP contribution is -2.50. The summed E-state index contributed by atoms with van der Waals surface area (Å²) >= 11 is 0. The summed E-state index contributed by atoms with van der Waals surface area (Å²) in [6.07, 6.45) is 3.91. The van der Waals surface area contributed by atoms with Crippen LogP contribution in [0.1, 0.15) is 37.8 Å². The van der Waals surface area contributed by atoms with E-state index in [0.29, 0.717) is 6.54 Å². The number of aliphatic hydroxyl groups is 1. The minimum atomic E-state index is -0.339. The van der Waals surface area contributed by atoms with E-state index in [1.165, 1.54) is 28.3 Å². The highest BCUT2D eigenvalue weighted by Gasteiger charge is 2.31. The molecule has 1 saturated heterocycles. The molecule has 1 fully saturated rings. The van der Waals surface area contributed by atoms with Crippen molar-refractivity contribution in [2.75, 3.05) is 19.6 Å². The molecule has 3 aromatic carbocycles. The molecule has 1 aliphatic rings. The normalized spacial score (nSPS) is 18.5. The molecule has 0 aromatic heterocycles. The number of fused-ring (bicyclic) bond motifs is 1. The first kappa shape index (κ1) is 22.0. The summed E-state index contributed by atoms with van der Waals surface area (Å²) in [4.78, 5) is 2.48. The van der Waals surface area contributed by atoms with Gasteiger partial charge < -0.3 is 10.4 Å². The number of aliphatic hydroxyl groups excluding tert-OH is 1.